The Bertz CT molecular complexity index is 1590. The number of anilines is 1. The Labute approximate surface area is 215 Å². The molecule has 2 aromatic carbocycles. The summed E-state index contributed by atoms with van der Waals surface area (Å²) in [6, 6.07) is 17.3. The molecule has 0 radical (unpaired) electrons. The normalized spacial score (nSPS) is 13.1. The Morgan fingerprint density at radius 2 is 1.72 bits per heavy atom. The van der Waals surface area contributed by atoms with Crippen LogP contribution in [0.2, 0.25) is 5.15 Å². The van der Waals surface area contributed by atoms with Crippen LogP contribution in [-0.4, -0.2) is 18.9 Å². The van der Waals surface area contributed by atoms with Crippen LogP contribution in [0.1, 0.15) is 44.9 Å². The molecule has 2 heterocycles. The Balaban J connectivity index is 1.82. The zero-order valence-corrected chi connectivity index (χ0v) is 22.3. The molecule has 0 aliphatic heterocycles. The fraction of sp³-hybridized carbons (Fsp3) is 0.259. The maximum absolute atomic E-state index is 13.1. The fourth-order valence-corrected chi connectivity index (χ4v) is 5.73. The minimum Gasteiger partial charge on any atom is -0.455 e. The highest BCUT2D eigenvalue weighted by Gasteiger charge is 2.27. The Morgan fingerprint density at radius 3 is 2.39 bits per heavy atom. The summed E-state index contributed by atoms with van der Waals surface area (Å²) >= 11 is 6.06. The van der Waals surface area contributed by atoms with Crippen LogP contribution in [0.5, 0.6) is 0 Å². The van der Waals surface area contributed by atoms with Crippen molar-refractivity contribution in [1.29, 1.82) is 0 Å². The number of sulfonamides is 1. The first-order chi connectivity index (χ1) is 16.8. The maximum Gasteiger partial charge on any atom is 0.260 e. The van der Waals surface area contributed by atoms with Crippen LogP contribution in [0.15, 0.2) is 74.9 Å². The van der Waals surface area contributed by atoms with Crippen molar-refractivity contribution in [3.05, 3.63) is 87.2 Å². The first-order valence-corrected chi connectivity index (χ1v) is 13.3. The molecule has 0 saturated heterocycles. The van der Waals surface area contributed by atoms with Crippen LogP contribution in [0, 0.1) is 6.92 Å². The summed E-state index contributed by atoms with van der Waals surface area (Å²) in [6.07, 6.45) is 0. The molecule has 0 saturated carbocycles. The molecule has 4 rings (SSSR count). The van der Waals surface area contributed by atoms with Crippen molar-refractivity contribution in [2.75, 3.05) is 5.32 Å². The molecule has 9 heteroatoms. The van der Waals surface area contributed by atoms with Crippen molar-refractivity contribution in [3.63, 3.8) is 0 Å². The number of benzene rings is 2. The molecule has 0 bridgehead atoms. The lowest BCUT2D eigenvalue weighted by atomic mass is 10.0. The van der Waals surface area contributed by atoms with Crippen LogP contribution in [0.4, 0.5) is 5.69 Å². The van der Waals surface area contributed by atoms with Crippen LogP contribution < -0.4 is 15.5 Å². The number of aromatic nitrogens is 1. The van der Waals surface area contributed by atoms with E-state index >= 15 is 0 Å². The van der Waals surface area contributed by atoms with Crippen molar-refractivity contribution in [2.45, 2.75) is 51.2 Å². The Hall–Kier alpha value is -3.20. The lowest BCUT2D eigenvalue weighted by Crippen LogP contribution is -2.41. The second-order valence-electron chi connectivity index (χ2n) is 9.78. The molecule has 0 spiro atoms. The molecule has 2 aromatic heterocycles. The van der Waals surface area contributed by atoms with Crippen LogP contribution in [0.25, 0.3) is 22.3 Å². The molecular weight excluding hydrogens is 498 g/mol. The topological polar surface area (TPSA) is 101 Å². The molecule has 1 unspecified atom stereocenters. The van der Waals surface area contributed by atoms with E-state index in [1.165, 1.54) is 12.1 Å². The average molecular weight is 526 g/mol. The number of fused-ring (bicyclic) bond motifs is 1. The van der Waals surface area contributed by atoms with Crippen molar-refractivity contribution in [1.82, 2.24) is 9.71 Å². The second kappa shape index (κ2) is 9.69. The Kier molecular flexibility index (Phi) is 6.96. The van der Waals surface area contributed by atoms with E-state index in [1.807, 2.05) is 50.2 Å². The number of rotatable bonds is 6. The van der Waals surface area contributed by atoms with Gasteiger partial charge < -0.3 is 9.73 Å². The van der Waals surface area contributed by atoms with Gasteiger partial charge in [-0.1, -0.05) is 48.0 Å². The van der Waals surface area contributed by atoms with E-state index in [0.29, 0.717) is 22.3 Å². The summed E-state index contributed by atoms with van der Waals surface area (Å²) in [5.41, 5.74) is 2.22. The number of hydrogen-bond acceptors (Lipinski definition) is 6. The number of aryl methyl sites for hydroxylation is 1. The van der Waals surface area contributed by atoms with Gasteiger partial charge in [0.15, 0.2) is 10.5 Å². The van der Waals surface area contributed by atoms with E-state index < -0.39 is 21.6 Å². The summed E-state index contributed by atoms with van der Waals surface area (Å²) in [6.45, 7) is 9.00. The summed E-state index contributed by atoms with van der Waals surface area (Å²) < 4.78 is 35.1. The van der Waals surface area contributed by atoms with Gasteiger partial charge in [0.25, 0.3) is 10.0 Å². The number of hydrogen-bond donors (Lipinski definition) is 2. The van der Waals surface area contributed by atoms with Gasteiger partial charge in [-0.25, -0.2) is 18.1 Å². The molecule has 4 aromatic rings. The zero-order valence-electron chi connectivity index (χ0n) is 20.7. The van der Waals surface area contributed by atoms with E-state index in [0.717, 1.165) is 11.1 Å². The summed E-state index contributed by atoms with van der Waals surface area (Å²) in [7, 11) is -3.98. The summed E-state index contributed by atoms with van der Waals surface area (Å²) in [4.78, 5) is 17.1. The second-order valence-corrected chi connectivity index (χ2v) is 11.8. The van der Waals surface area contributed by atoms with Crippen molar-refractivity contribution < 1.29 is 12.8 Å². The van der Waals surface area contributed by atoms with E-state index in [-0.39, 0.29) is 21.3 Å². The van der Waals surface area contributed by atoms with E-state index in [2.05, 4.69) is 15.0 Å². The molecule has 188 valence electrons. The van der Waals surface area contributed by atoms with Crippen molar-refractivity contribution >= 4 is 38.3 Å². The summed E-state index contributed by atoms with van der Waals surface area (Å²) in [5.74, 6) is 0.455. The average Bonchev–Trinajstić information content (AvgIpc) is 2.79. The lowest BCUT2D eigenvalue weighted by molar-refractivity contribution is 0.490. The van der Waals surface area contributed by atoms with E-state index in [9.17, 15) is 13.2 Å². The molecule has 1 atom stereocenters. The third kappa shape index (κ3) is 5.61. The number of halogens is 1. The largest absolute Gasteiger partial charge is 0.455 e. The third-order valence-corrected chi connectivity index (χ3v) is 7.33. The van der Waals surface area contributed by atoms with Gasteiger partial charge in [0, 0.05) is 22.7 Å². The molecule has 0 amide bonds. The van der Waals surface area contributed by atoms with Gasteiger partial charge in [0.1, 0.15) is 16.5 Å². The predicted molar refractivity (Wildman–Crippen MR) is 144 cm³/mol. The lowest BCUT2D eigenvalue weighted by Gasteiger charge is -2.23. The standard InChI is InChI=1S/C27H28ClN3O4S/c1-16-13-19(25-20(14-16)22(32)15-23(35-25)18-9-7-6-8-10-18)17(2)29-21-11-12-24(28)30-26(21)36(33,34)31-27(3,4)5/h6-15,17,29,31H,1-5H3. The highest BCUT2D eigenvalue weighted by Crippen LogP contribution is 2.32. The van der Waals surface area contributed by atoms with Gasteiger partial charge in [0.05, 0.1) is 17.1 Å². The predicted octanol–water partition coefficient (Wildman–Crippen LogP) is 6.07. The fourth-order valence-electron chi connectivity index (χ4n) is 4.00. The van der Waals surface area contributed by atoms with Crippen LogP contribution in [-0.2, 0) is 10.0 Å². The highest BCUT2D eigenvalue weighted by molar-refractivity contribution is 7.89. The maximum atomic E-state index is 13.1. The van der Waals surface area contributed by atoms with Crippen LogP contribution >= 0.6 is 11.6 Å². The van der Waals surface area contributed by atoms with Crippen LogP contribution in [0.3, 0.4) is 0 Å². The molecule has 0 aliphatic rings. The molecule has 2 N–H and O–H groups in total. The van der Waals surface area contributed by atoms with Gasteiger partial charge >= 0.3 is 0 Å². The minimum absolute atomic E-state index is 0.0574. The first kappa shape index (κ1) is 25.9. The number of nitrogens with zero attached hydrogens (tertiary/aromatic N) is 1. The van der Waals surface area contributed by atoms with Crippen molar-refractivity contribution in [3.8, 4) is 11.3 Å². The van der Waals surface area contributed by atoms with Gasteiger partial charge in [-0.2, -0.15) is 0 Å². The molecule has 0 aliphatic carbocycles. The van der Waals surface area contributed by atoms with Gasteiger partial charge in [-0.3, -0.25) is 4.79 Å². The smallest absolute Gasteiger partial charge is 0.260 e. The third-order valence-electron chi connectivity index (χ3n) is 5.42. The minimum atomic E-state index is -3.98. The van der Waals surface area contributed by atoms with Gasteiger partial charge in [-0.15, -0.1) is 0 Å². The Morgan fingerprint density at radius 1 is 1.03 bits per heavy atom. The van der Waals surface area contributed by atoms with Gasteiger partial charge in [-0.05, 0) is 58.4 Å². The first-order valence-electron chi connectivity index (χ1n) is 11.4. The quantitative estimate of drug-likeness (QED) is 0.296. The number of pyridine rings is 1. The van der Waals surface area contributed by atoms with Gasteiger partial charge in [0.2, 0.25) is 0 Å². The van der Waals surface area contributed by atoms with Crippen molar-refractivity contribution in [2.24, 2.45) is 0 Å². The molecule has 36 heavy (non-hydrogen) atoms. The molecule has 7 nitrogen and oxygen atoms in total. The molecular formula is C27H28ClN3O4S. The SMILES string of the molecule is Cc1cc(C(C)Nc2ccc(Cl)nc2S(=O)(=O)NC(C)(C)C)c2oc(-c3ccccc3)cc(=O)c2c1. The van der Waals surface area contributed by atoms with E-state index in [1.54, 1.807) is 32.9 Å². The zero-order chi connectivity index (χ0) is 26.3. The number of nitrogens with one attached hydrogen (secondary N) is 2. The summed E-state index contributed by atoms with van der Waals surface area (Å²) in [5, 5.41) is 3.54. The molecule has 0 fully saturated rings. The monoisotopic (exact) mass is 525 g/mol. The highest BCUT2D eigenvalue weighted by atomic mass is 35.5. The van der Waals surface area contributed by atoms with E-state index in [4.69, 9.17) is 16.0 Å².